The number of esters is 1. The Morgan fingerprint density at radius 3 is 2.00 bits per heavy atom. The smallest absolute Gasteiger partial charge is 0.339 e. The number of nitrogens with zero attached hydrogens (tertiary/aromatic N) is 2. The number of fused-ring (bicyclic) bond motifs is 2. The fourth-order valence-corrected chi connectivity index (χ4v) is 4.24. The van der Waals surface area contributed by atoms with Crippen LogP contribution in [0, 0.1) is 0 Å². The molecule has 33 heavy (non-hydrogen) atoms. The number of carbonyl (C=O) groups excluding carboxylic acids is 3. The fraction of sp³-hybridized carbons (Fsp3) is 0.192. The molecular formula is C26H22N2O5. The van der Waals surface area contributed by atoms with Gasteiger partial charge < -0.3 is 19.0 Å². The first-order valence-corrected chi connectivity index (χ1v) is 10.8. The van der Waals surface area contributed by atoms with Gasteiger partial charge in [-0.15, -0.1) is 0 Å². The topological polar surface area (TPSA) is 80.1 Å². The van der Waals surface area contributed by atoms with Crippen LogP contribution in [0.4, 0.5) is 0 Å². The van der Waals surface area contributed by atoms with Gasteiger partial charge in [0.1, 0.15) is 0 Å². The summed E-state index contributed by atoms with van der Waals surface area (Å²) in [7, 11) is 0. The molecule has 1 aliphatic heterocycles. The molecule has 2 amide bonds. The maximum Gasteiger partial charge on any atom is 0.339 e. The van der Waals surface area contributed by atoms with Crippen LogP contribution in [0.25, 0.3) is 21.5 Å². The van der Waals surface area contributed by atoms with E-state index in [4.69, 9.17) is 9.15 Å². The van der Waals surface area contributed by atoms with Gasteiger partial charge in [-0.3, -0.25) is 9.59 Å². The van der Waals surface area contributed by atoms with Gasteiger partial charge in [0.05, 0.1) is 11.8 Å². The van der Waals surface area contributed by atoms with Gasteiger partial charge in [0.15, 0.2) is 12.4 Å². The number of piperazine rings is 1. The first kappa shape index (κ1) is 20.8. The van der Waals surface area contributed by atoms with E-state index in [0.29, 0.717) is 31.7 Å². The highest BCUT2D eigenvalue weighted by atomic mass is 16.5. The number of furan rings is 1. The Balaban J connectivity index is 1.26. The largest absolute Gasteiger partial charge is 0.459 e. The Bertz CT molecular complexity index is 1280. The Hall–Kier alpha value is -4.13. The molecule has 1 fully saturated rings. The summed E-state index contributed by atoms with van der Waals surface area (Å²) in [6.07, 6.45) is 1.46. The van der Waals surface area contributed by atoms with Crippen molar-refractivity contribution in [3.05, 3.63) is 84.3 Å². The van der Waals surface area contributed by atoms with Crippen LogP contribution in [-0.4, -0.2) is 60.4 Å². The molecule has 5 rings (SSSR count). The van der Waals surface area contributed by atoms with E-state index < -0.39 is 5.97 Å². The lowest BCUT2D eigenvalue weighted by molar-refractivity contribution is -0.136. The highest BCUT2D eigenvalue weighted by molar-refractivity contribution is 6.16. The van der Waals surface area contributed by atoms with Crippen LogP contribution in [0.1, 0.15) is 20.9 Å². The summed E-state index contributed by atoms with van der Waals surface area (Å²) in [5.74, 6) is -0.714. The number of ether oxygens (including phenoxy) is 1. The summed E-state index contributed by atoms with van der Waals surface area (Å²) < 4.78 is 10.6. The van der Waals surface area contributed by atoms with Crippen LogP contribution in [0.15, 0.2) is 77.4 Å². The second-order valence-corrected chi connectivity index (χ2v) is 7.92. The van der Waals surface area contributed by atoms with Crippen molar-refractivity contribution < 1.29 is 23.5 Å². The second kappa shape index (κ2) is 8.78. The highest BCUT2D eigenvalue weighted by Crippen LogP contribution is 2.29. The van der Waals surface area contributed by atoms with Crippen molar-refractivity contribution >= 4 is 39.3 Å². The Kier molecular flexibility index (Phi) is 5.52. The molecule has 0 saturated carbocycles. The SMILES string of the molecule is O=C(OCC(=O)N1CCN(C(=O)c2ccco2)CC1)c1c2ccccc2cc2ccccc12. The third-order valence-electron chi connectivity index (χ3n) is 5.95. The van der Waals surface area contributed by atoms with Gasteiger partial charge >= 0.3 is 5.97 Å². The third kappa shape index (κ3) is 4.05. The zero-order valence-corrected chi connectivity index (χ0v) is 17.9. The lowest BCUT2D eigenvalue weighted by Crippen LogP contribution is -2.51. The monoisotopic (exact) mass is 442 g/mol. The first-order valence-electron chi connectivity index (χ1n) is 10.8. The molecule has 0 N–H and O–H groups in total. The van der Waals surface area contributed by atoms with Crippen LogP contribution in [0.3, 0.4) is 0 Å². The molecule has 7 nitrogen and oxygen atoms in total. The van der Waals surface area contributed by atoms with Crippen LogP contribution in [0.2, 0.25) is 0 Å². The van der Waals surface area contributed by atoms with Crippen LogP contribution < -0.4 is 0 Å². The number of benzene rings is 3. The molecule has 0 bridgehead atoms. The van der Waals surface area contributed by atoms with E-state index in [1.54, 1.807) is 21.9 Å². The lowest BCUT2D eigenvalue weighted by atomic mass is 9.97. The minimum atomic E-state index is -0.525. The van der Waals surface area contributed by atoms with Crippen molar-refractivity contribution in [3.8, 4) is 0 Å². The molecule has 2 heterocycles. The Labute approximate surface area is 190 Å². The maximum atomic E-state index is 13.1. The number of carbonyl (C=O) groups is 3. The molecule has 0 aliphatic carbocycles. The minimum absolute atomic E-state index is 0.193. The Morgan fingerprint density at radius 2 is 1.39 bits per heavy atom. The second-order valence-electron chi connectivity index (χ2n) is 7.92. The first-order chi connectivity index (χ1) is 16.1. The predicted molar refractivity (Wildman–Crippen MR) is 123 cm³/mol. The third-order valence-corrected chi connectivity index (χ3v) is 5.95. The molecule has 0 atom stereocenters. The summed E-state index contributed by atoms with van der Waals surface area (Å²) in [5, 5.41) is 3.45. The molecule has 1 saturated heterocycles. The van der Waals surface area contributed by atoms with E-state index in [9.17, 15) is 14.4 Å². The van der Waals surface area contributed by atoms with E-state index in [1.807, 2.05) is 54.6 Å². The average molecular weight is 442 g/mol. The standard InChI is InChI=1S/C26H22N2O5/c29-23(27-11-13-28(14-12-27)25(30)22-10-5-15-32-22)17-33-26(31)24-20-8-3-1-6-18(20)16-19-7-2-4-9-21(19)24/h1-10,15-16H,11-14,17H2. The molecule has 4 aromatic rings. The summed E-state index contributed by atoms with van der Waals surface area (Å²) in [4.78, 5) is 41.4. The van der Waals surface area contributed by atoms with E-state index in [0.717, 1.165) is 21.5 Å². The Morgan fingerprint density at radius 1 is 0.788 bits per heavy atom. The molecule has 1 aromatic heterocycles. The molecule has 0 spiro atoms. The summed E-state index contributed by atoms with van der Waals surface area (Å²) in [6, 6.07) is 20.6. The zero-order chi connectivity index (χ0) is 22.8. The van der Waals surface area contributed by atoms with Crippen LogP contribution >= 0.6 is 0 Å². The van der Waals surface area contributed by atoms with Crippen molar-refractivity contribution in [2.75, 3.05) is 32.8 Å². The molecule has 0 radical (unpaired) electrons. The van der Waals surface area contributed by atoms with Gasteiger partial charge in [-0.1, -0.05) is 48.5 Å². The molecule has 3 aromatic carbocycles. The quantitative estimate of drug-likeness (QED) is 0.355. The van der Waals surface area contributed by atoms with Crippen molar-refractivity contribution in [1.82, 2.24) is 9.80 Å². The fourth-order valence-electron chi connectivity index (χ4n) is 4.24. The van der Waals surface area contributed by atoms with E-state index >= 15 is 0 Å². The summed E-state index contributed by atoms with van der Waals surface area (Å²) in [6.45, 7) is 1.20. The molecule has 1 aliphatic rings. The maximum absolute atomic E-state index is 13.1. The van der Waals surface area contributed by atoms with E-state index in [2.05, 4.69) is 0 Å². The van der Waals surface area contributed by atoms with Crippen molar-refractivity contribution in [2.45, 2.75) is 0 Å². The number of rotatable bonds is 4. The minimum Gasteiger partial charge on any atom is -0.459 e. The number of amides is 2. The van der Waals surface area contributed by atoms with Crippen molar-refractivity contribution in [1.29, 1.82) is 0 Å². The molecular weight excluding hydrogens is 420 g/mol. The van der Waals surface area contributed by atoms with E-state index in [1.165, 1.54) is 6.26 Å². The van der Waals surface area contributed by atoms with Gasteiger partial charge in [0, 0.05) is 26.2 Å². The summed E-state index contributed by atoms with van der Waals surface area (Å²) in [5.41, 5.74) is 0.463. The molecule has 7 heteroatoms. The van der Waals surface area contributed by atoms with Crippen LogP contribution in [-0.2, 0) is 9.53 Å². The number of hydrogen-bond donors (Lipinski definition) is 0. The average Bonchev–Trinajstić information content (AvgIpc) is 3.40. The predicted octanol–water partition coefficient (Wildman–Crippen LogP) is 3.73. The van der Waals surface area contributed by atoms with Crippen LogP contribution in [0.5, 0.6) is 0 Å². The van der Waals surface area contributed by atoms with Crippen molar-refractivity contribution in [2.24, 2.45) is 0 Å². The van der Waals surface area contributed by atoms with E-state index in [-0.39, 0.29) is 24.2 Å². The molecule has 166 valence electrons. The summed E-state index contributed by atoms with van der Waals surface area (Å²) >= 11 is 0. The van der Waals surface area contributed by atoms with Gasteiger partial charge in [-0.2, -0.15) is 0 Å². The van der Waals surface area contributed by atoms with Gasteiger partial charge in [-0.25, -0.2) is 4.79 Å². The normalized spacial score (nSPS) is 13.9. The van der Waals surface area contributed by atoms with Gasteiger partial charge in [-0.05, 0) is 39.7 Å². The van der Waals surface area contributed by atoms with Crippen molar-refractivity contribution in [3.63, 3.8) is 0 Å². The van der Waals surface area contributed by atoms with Gasteiger partial charge in [0.2, 0.25) is 0 Å². The number of hydrogen-bond acceptors (Lipinski definition) is 5. The highest BCUT2D eigenvalue weighted by Gasteiger charge is 2.27. The zero-order valence-electron chi connectivity index (χ0n) is 17.9. The lowest BCUT2D eigenvalue weighted by Gasteiger charge is -2.34. The van der Waals surface area contributed by atoms with Gasteiger partial charge in [0.25, 0.3) is 11.8 Å². The molecule has 0 unspecified atom stereocenters.